The minimum Gasteiger partial charge on any atom is -0.361 e. The van der Waals surface area contributed by atoms with Crippen LogP contribution in [0.2, 0.25) is 0 Å². The van der Waals surface area contributed by atoms with Gasteiger partial charge < -0.3 is 4.98 Å². The maximum absolute atomic E-state index is 3.28. The van der Waals surface area contributed by atoms with Gasteiger partial charge in [-0.2, -0.15) is 0 Å². The lowest BCUT2D eigenvalue weighted by molar-refractivity contribution is 1.46. The number of fused-ring (bicyclic) bond motifs is 1. The molecule has 2 aromatic carbocycles. The Bertz CT molecular complexity index is 687. The van der Waals surface area contributed by atoms with E-state index in [9.17, 15) is 0 Å². The fraction of sp³-hybridized carbons (Fsp3) is 0.0588. The summed E-state index contributed by atoms with van der Waals surface area (Å²) in [6, 6.07) is 16.9. The standard InChI is InChI=1S/C17H15N/c1-13-6-8-14(9-7-13)10-11-15-12-18-17-5-3-2-4-16(15)17/h2-12,18H,1H3/b11-10+. The van der Waals surface area contributed by atoms with E-state index in [1.807, 2.05) is 6.07 Å². The van der Waals surface area contributed by atoms with Crippen LogP contribution in [0.25, 0.3) is 23.1 Å². The number of aryl methyl sites for hydroxylation is 1. The summed E-state index contributed by atoms with van der Waals surface area (Å²) in [5.74, 6) is 0. The first-order valence-electron chi connectivity index (χ1n) is 6.14. The van der Waals surface area contributed by atoms with Crippen molar-refractivity contribution in [1.29, 1.82) is 0 Å². The zero-order chi connectivity index (χ0) is 12.4. The molecule has 0 amide bonds. The van der Waals surface area contributed by atoms with Gasteiger partial charge in [-0.05, 0) is 24.1 Å². The lowest BCUT2D eigenvalue weighted by Crippen LogP contribution is -1.73. The molecule has 0 aliphatic heterocycles. The Labute approximate surface area is 107 Å². The van der Waals surface area contributed by atoms with Gasteiger partial charge in [-0.15, -0.1) is 0 Å². The third kappa shape index (κ3) is 2.07. The molecule has 0 radical (unpaired) electrons. The second-order valence-electron chi connectivity index (χ2n) is 4.53. The van der Waals surface area contributed by atoms with E-state index in [0.717, 1.165) is 0 Å². The van der Waals surface area contributed by atoms with Crippen LogP contribution in [-0.4, -0.2) is 4.98 Å². The maximum atomic E-state index is 3.28. The van der Waals surface area contributed by atoms with Gasteiger partial charge in [0, 0.05) is 17.1 Å². The molecule has 88 valence electrons. The van der Waals surface area contributed by atoms with E-state index in [1.54, 1.807) is 0 Å². The first-order valence-corrected chi connectivity index (χ1v) is 6.14. The van der Waals surface area contributed by atoms with E-state index in [4.69, 9.17) is 0 Å². The predicted molar refractivity (Wildman–Crippen MR) is 78.4 cm³/mol. The van der Waals surface area contributed by atoms with Crippen LogP contribution in [-0.2, 0) is 0 Å². The number of aromatic amines is 1. The van der Waals surface area contributed by atoms with Crippen LogP contribution in [0.3, 0.4) is 0 Å². The van der Waals surface area contributed by atoms with Crippen molar-refractivity contribution in [2.24, 2.45) is 0 Å². The van der Waals surface area contributed by atoms with Gasteiger partial charge in [0.25, 0.3) is 0 Å². The van der Waals surface area contributed by atoms with E-state index in [2.05, 4.69) is 72.7 Å². The molecule has 0 aliphatic carbocycles. The van der Waals surface area contributed by atoms with Crippen LogP contribution in [0.5, 0.6) is 0 Å². The van der Waals surface area contributed by atoms with Crippen molar-refractivity contribution in [2.45, 2.75) is 6.92 Å². The van der Waals surface area contributed by atoms with Gasteiger partial charge in [0.05, 0.1) is 0 Å². The van der Waals surface area contributed by atoms with Gasteiger partial charge in [0.15, 0.2) is 0 Å². The summed E-state index contributed by atoms with van der Waals surface area (Å²) in [6.45, 7) is 2.10. The van der Waals surface area contributed by atoms with Crippen LogP contribution in [0.15, 0.2) is 54.7 Å². The Morgan fingerprint density at radius 1 is 0.889 bits per heavy atom. The second-order valence-corrected chi connectivity index (χ2v) is 4.53. The lowest BCUT2D eigenvalue weighted by atomic mass is 10.1. The lowest BCUT2D eigenvalue weighted by Gasteiger charge is -1.95. The number of rotatable bonds is 2. The Kier molecular flexibility index (Phi) is 2.73. The first-order chi connectivity index (χ1) is 8.83. The van der Waals surface area contributed by atoms with Gasteiger partial charge in [-0.1, -0.05) is 60.2 Å². The predicted octanol–water partition coefficient (Wildman–Crippen LogP) is 4.65. The molecule has 18 heavy (non-hydrogen) atoms. The van der Waals surface area contributed by atoms with Crippen molar-refractivity contribution in [2.75, 3.05) is 0 Å². The molecule has 0 unspecified atom stereocenters. The maximum Gasteiger partial charge on any atom is 0.0460 e. The molecular weight excluding hydrogens is 218 g/mol. The molecule has 0 saturated heterocycles. The summed E-state index contributed by atoms with van der Waals surface area (Å²) in [4.78, 5) is 3.28. The van der Waals surface area contributed by atoms with Crippen LogP contribution < -0.4 is 0 Å². The molecule has 3 rings (SSSR count). The highest BCUT2D eigenvalue weighted by atomic mass is 14.7. The average Bonchev–Trinajstić information content (AvgIpc) is 2.82. The van der Waals surface area contributed by atoms with Crippen LogP contribution >= 0.6 is 0 Å². The van der Waals surface area contributed by atoms with Crippen molar-refractivity contribution in [3.63, 3.8) is 0 Å². The Balaban J connectivity index is 1.94. The van der Waals surface area contributed by atoms with Gasteiger partial charge >= 0.3 is 0 Å². The molecule has 0 bridgehead atoms. The molecule has 1 nitrogen and oxygen atoms in total. The van der Waals surface area contributed by atoms with Crippen molar-refractivity contribution in [3.8, 4) is 0 Å². The summed E-state index contributed by atoms with van der Waals surface area (Å²) >= 11 is 0. The number of hydrogen-bond donors (Lipinski definition) is 1. The molecule has 1 N–H and O–H groups in total. The first kappa shape index (κ1) is 10.8. The molecule has 0 saturated carbocycles. The zero-order valence-corrected chi connectivity index (χ0v) is 10.4. The summed E-state index contributed by atoms with van der Waals surface area (Å²) in [6.07, 6.45) is 6.36. The van der Waals surface area contributed by atoms with E-state index < -0.39 is 0 Å². The number of para-hydroxylation sites is 1. The average molecular weight is 233 g/mol. The van der Waals surface area contributed by atoms with E-state index in [1.165, 1.54) is 27.6 Å². The Hall–Kier alpha value is -2.28. The molecule has 0 fully saturated rings. The third-order valence-corrected chi connectivity index (χ3v) is 3.15. The monoisotopic (exact) mass is 233 g/mol. The van der Waals surface area contributed by atoms with Gasteiger partial charge in [0.1, 0.15) is 0 Å². The third-order valence-electron chi connectivity index (χ3n) is 3.15. The highest BCUT2D eigenvalue weighted by Crippen LogP contribution is 2.20. The summed E-state index contributed by atoms with van der Waals surface area (Å²) in [5, 5.41) is 1.26. The normalized spacial score (nSPS) is 11.4. The van der Waals surface area contributed by atoms with Crippen molar-refractivity contribution >= 4 is 23.1 Å². The number of hydrogen-bond acceptors (Lipinski definition) is 0. The largest absolute Gasteiger partial charge is 0.361 e. The molecule has 0 atom stereocenters. The number of benzene rings is 2. The number of H-pyrrole nitrogens is 1. The van der Waals surface area contributed by atoms with Gasteiger partial charge in [-0.3, -0.25) is 0 Å². The Morgan fingerprint density at radius 3 is 2.50 bits per heavy atom. The Morgan fingerprint density at radius 2 is 1.67 bits per heavy atom. The minimum atomic E-state index is 1.18. The summed E-state index contributed by atoms with van der Waals surface area (Å²) in [7, 11) is 0. The highest BCUT2D eigenvalue weighted by Gasteiger charge is 1.98. The fourth-order valence-corrected chi connectivity index (χ4v) is 2.10. The van der Waals surface area contributed by atoms with Crippen molar-refractivity contribution in [1.82, 2.24) is 4.98 Å². The molecule has 1 heteroatoms. The van der Waals surface area contributed by atoms with Crippen LogP contribution in [0, 0.1) is 6.92 Å². The molecule has 3 aromatic rings. The molecule has 1 aromatic heterocycles. The second kappa shape index (κ2) is 4.53. The van der Waals surface area contributed by atoms with Crippen molar-refractivity contribution < 1.29 is 0 Å². The summed E-state index contributed by atoms with van der Waals surface area (Å²) < 4.78 is 0. The molecular formula is C17H15N. The van der Waals surface area contributed by atoms with E-state index >= 15 is 0 Å². The van der Waals surface area contributed by atoms with Gasteiger partial charge in [-0.25, -0.2) is 0 Å². The highest BCUT2D eigenvalue weighted by molar-refractivity contribution is 5.91. The van der Waals surface area contributed by atoms with Crippen LogP contribution in [0.1, 0.15) is 16.7 Å². The minimum absolute atomic E-state index is 1.18. The number of nitrogens with one attached hydrogen (secondary N) is 1. The van der Waals surface area contributed by atoms with E-state index in [-0.39, 0.29) is 0 Å². The summed E-state index contributed by atoms with van der Waals surface area (Å²) in [5.41, 5.74) is 4.93. The topological polar surface area (TPSA) is 15.8 Å². The van der Waals surface area contributed by atoms with Gasteiger partial charge in [0.2, 0.25) is 0 Å². The number of aromatic nitrogens is 1. The molecule has 0 spiro atoms. The molecule has 0 aliphatic rings. The molecule has 1 heterocycles. The smallest absolute Gasteiger partial charge is 0.0460 e. The quantitative estimate of drug-likeness (QED) is 0.663. The van der Waals surface area contributed by atoms with Crippen LogP contribution in [0.4, 0.5) is 0 Å². The zero-order valence-electron chi connectivity index (χ0n) is 10.4. The van der Waals surface area contributed by atoms with Crippen molar-refractivity contribution in [3.05, 3.63) is 71.4 Å². The van der Waals surface area contributed by atoms with E-state index in [0.29, 0.717) is 0 Å². The SMILES string of the molecule is Cc1ccc(/C=C/c2c[nH]c3ccccc23)cc1. The fourth-order valence-electron chi connectivity index (χ4n) is 2.10.